The van der Waals surface area contributed by atoms with E-state index in [0.717, 1.165) is 5.56 Å². The van der Waals surface area contributed by atoms with Crippen molar-refractivity contribution in [3.05, 3.63) is 75.9 Å². The Morgan fingerprint density at radius 3 is 2.18 bits per heavy atom. The molecule has 0 radical (unpaired) electrons. The molecule has 0 bridgehead atoms. The van der Waals surface area contributed by atoms with Gasteiger partial charge in [-0.15, -0.1) is 0 Å². The molecule has 8 nitrogen and oxygen atoms in total. The third-order valence-corrected chi connectivity index (χ3v) is 5.61. The summed E-state index contributed by atoms with van der Waals surface area (Å²) in [5.41, 5.74) is 2.77. The number of aromatic nitrogens is 2. The Morgan fingerprint density at radius 1 is 0.879 bits per heavy atom. The van der Waals surface area contributed by atoms with E-state index in [9.17, 15) is 5.21 Å². The van der Waals surface area contributed by atoms with Gasteiger partial charge in [0, 0.05) is 16.3 Å². The summed E-state index contributed by atoms with van der Waals surface area (Å²) in [6.07, 6.45) is 0. The molecule has 0 aliphatic carbocycles. The summed E-state index contributed by atoms with van der Waals surface area (Å²) in [5.74, 6) is 1.95. The van der Waals surface area contributed by atoms with Gasteiger partial charge in [0.25, 0.3) is 5.69 Å². The fourth-order valence-corrected chi connectivity index (χ4v) is 3.89. The van der Waals surface area contributed by atoms with E-state index in [0.29, 0.717) is 55.8 Å². The van der Waals surface area contributed by atoms with Gasteiger partial charge in [-0.25, -0.2) is 0 Å². The molecule has 0 N–H and O–H groups in total. The van der Waals surface area contributed by atoms with Gasteiger partial charge in [-0.3, -0.25) is 4.63 Å². The maximum absolute atomic E-state index is 12.5. The summed E-state index contributed by atoms with van der Waals surface area (Å²) in [4.78, 5) is 0.366. The largest absolute Gasteiger partial charge is 0.493 e. The molecule has 0 spiro atoms. The molecule has 0 atom stereocenters. The summed E-state index contributed by atoms with van der Waals surface area (Å²) < 4.78 is 27.7. The van der Waals surface area contributed by atoms with E-state index in [-0.39, 0.29) is 5.69 Å². The Labute approximate surface area is 198 Å². The van der Waals surface area contributed by atoms with Gasteiger partial charge in [-0.05, 0) is 56.7 Å². The fourth-order valence-electron chi connectivity index (χ4n) is 3.40. The van der Waals surface area contributed by atoms with Crippen LogP contribution in [0.5, 0.6) is 23.0 Å². The molecule has 9 heteroatoms. The van der Waals surface area contributed by atoms with E-state index < -0.39 is 0 Å². The Balaban J connectivity index is 1.69. The second-order valence-corrected chi connectivity index (χ2v) is 7.82. The van der Waals surface area contributed by atoms with Crippen molar-refractivity contribution < 1.29 is 28.5 Å². The zero-order chi connectivity index (χ0) is 23.4. The highest BCUT2D eigenvalue weighted by atomic mass is 79.9. The van der Waals surface area contributed by atoms with E-state index in [1.54, 1.807) is 30.3 Å². The van der Waals surface area contributed by atoms with Crippen molar-refractivity contribution in [1.82, 2.24) is 5.16 Å². The average molecular weight is 513 g/mol. The van der Waals surface area contributed by atoms with Crippen molar-refractivity contribution in [3.8, 4) is 45.5 Å². The summed E-state index contributed by atoms with van der Waals surface area (Å²) in [7, 11) is 4.56. The van der Waals surface area contributed by atoms with Gasteiger partial charge in [-0.2, -0.15) is 0 Å². The topological polar surface area (TPSA) is 89.9 Å². The van der Waals surface area contributed by atoms with Crippen LogP contribution in [-0.4, -0.2) is 26.5 Å². The molecule has 3 aromatic carbocycles. The lowest BCUT2D eigenvalue weighted by Gasteiger charge is -2.13. The smallest absolute Gasteiger partial charge is 0.256 e. The summed E-state index contributed by atoms with van der Waals surface area (Å²) in [6, 6.07) is 18.6. The second kappa shape index (κ2) is 9.83. The van der Waals surface area contributed by atoms with Crippen molar-refractivity contribution in [2.45, 2.75) is 6.61 Å². The van der Waals surface area contributed by atoms with Crippen molar-refractivity contribution in [2.75, 3.05) is 21.3 Å². The monoisotopic (exact) mass is 512 g/mol. The van der Waals surface area contributed by atoms with Crippen LogP contribution in [0.3, 0.4) is 0 Å². The molecule has 170 valence electrons. The molecule has 0 saturated heterocycles. The number of hydrogen-bond acceptors (Lipinski definition) is 7. The molecule has 0 amide bonds. The molecule has 0 saturated carbocycles. The zero-order valence-corrected chi connectivity index (χ0v) is 19.8. The number of benzene rings is 3. The number of hydrogen-bond donors (Lipinski definition) is 0. The van der Waals surface area contributed by atoms with E-state index in [1.807, 2.05) is 30.3 Å². The molecule has 0 unspecified atom stereocenters. The lowest BCUT2D eigenvalue weighted by Crippen LogP contribution is -2.25. The second-order valence-electron chi connectivity index (χ2n) is 6.96. The molecule has 1 aromatic heterocycles. The highest BCUT2D eigenvalue weighted by Crippen LogP contribution is 2.42. The summed E-state index contributed by atoms with van der Waals surface area (Å²) in [6.45, 7) is 0.421. The average Bonchev–Trinajstić information content (AvgIpc) is 3.24. The maximum atomic E-state index is 12.5. The number of ether oxygens (including phenoxy) is 4. The first-order valence-corrected chi connectivity index (χ1v) is 10.7. The maximum Gasteiger partial charge on any atom is 0.256 e. The molecule has 4 rings (SSSR count). The van der Waals surface area contributed by atoms with Crippen LogP contribution in [0.25, 0.3) is 22.5 Å². The van der Waals surface area contributed by atoms with E-state index in [1.165, 1.54) is 21.3 Å². The van der Waals surface area contributed by atoms with Crippen LogP contribution in [0.1, 0.15) is 5.56 Å². The SMILES string of the molecule is COc1cc(-c2no[n+]([O-])c2-c2ccc(OCc3ccccc3)c(Br)c2)cc(OC)c1OC. The van der Waals surface area contributed by atoms with Crippen LogP contribution in [0.2, 0.25) is 0 Å². The van der Waals surface area contributed by atoms with Crippen LogP contribution < -0.4 is 23.9 Å². The lowest BCUT2D eigenvalue weighted by atomic mass is 10.0. The van der Waals surface area contributed by atoms with E-state index in [2.05, 4.69) is 21.1 Å². The van der Waals surface area contributed by atoms with Gasteiger partial charge in [0.2, 0.25) is 11.4 Å². The first-order valence-electron chi connectivity index (χ1n) is 9.92. The van der Waals surface area contributed by atoms with E-state index in [4.69, 9.17) is 23.6 Å². The van der Waals surface area contributed by atoms with Crippen LogP contribution in [0.4, 0.5) is 0 Å². The van der Waals surface area contributed by atoms with Gasteiger partial charge in [-0.1, -0.05) is 30.3 Å². The molecule has 0 aliphatic rings. The van der Waals surface area contributed by atoms with Crippen LogP contribution in [0.15, 0.2) is 69.8 Å². The predicted octanol–water partition coefficient (Wildman–Crippen LogP) is 5.01. The minimum absolute atomic E-state index is 0.236. The van der Waals surface area contributed by atoms with Gasteiger partial charge in [0.1, 0.15) is 12.4 Å². The fraction of sp³-hybridized carbons (Fsp3) is 0.167. The number of methoxy groups -OCH3 is 3. The number of halogens is 1. The zero-order valence-electron chi connectivity index (χ0n) is 18.2. The highest BCUT2D eigenvalue weighted by molar-refractivity contribution is 9.10. The minimum Gasteiger partial charge on any atom is -0.493 e. The Morgan fingerprint density at radius 2 is 1.58 bits per heavy atom. The van der Waals surface area contributed by atoms with Gasteiger partial charge >= 0.3 is 0 Å². The van der Waals surface area contributed by atoms with Crippen LogP contribution >= 0.6 is 15.9 Å². The van der Waals surface area contributed by atoms with Gasteiger partial charge < -0.3 is 24.2 Å². The normalized spacial score (nSPS) is 10.7. The first-order chi connectivity index (χ1) is 16.0. The predicted molar refractivity (Wildman–Crippen MR) is 124 cm³/mol. The minimum atomic E-state index is 0.236. The highest BCUT2D eigenvalue weighted by Gasteiger charge is 2.26. The molecule has 1 heterocycles. The molecule has 4 aromatic rings. The van der Waals surface area contributed by atoms with E-state index >= 15 is 0 Å². The third kappa shape index (κ3) is 4.58. The van der Waals surface area contributed by atoms with Crippen molar-refractivity contribution in [1.29, 1.82) is 0 Å². The van der Waals surface area contributed by atoms with Gasteiger partial charge in [0.05, 0.1) is 25.8 Å². The molecule has 33 heavy (non-hydrogen) atoms. The van der Waals surface area contributed by atoms with Crippen molar-refractivity contribution >= 4 is 15.9 Å². The molecule has 0 aliphatic heterocycles. The Bertz CT molecular complexity index is 1230. The number of rotatable bonds is 8. The third-order valence-electron chi connectivity index (χ3n) is 4.99. The van der Waals surface area contributed by atoms with Crippen molar-refractivity contribution in [2.24, 2.45) is 0 Å². The van der Waals surface area contributed by atoms with Crippen molar-refractivity contribution in [3.63, 3.8) is 0 Å². The van der Waals surface area contributed by atoms with Crippen LogP contribution in [-0.2, 0) is 6.61 Å². The van der Waals surface area contributed by atoms with Crippen LogP contribution in [0, 0.1) is 5.21 Å². The Hall–Kier alpha value is -3.72. The lowest BCUT2D eigenvalue weighted by molar-refractivity contribution is -0.793. The summed E-state index contributed by atoms with van der Waals surface area (Å²) >= 11 is 3.53. The quantitative estimate of drug-likeness (QED) is 0.306. The molecular formula is C24H21BrN2O6. The number of nitrogens with zero attached hydrogens (tertiary/aromatic N) is 2. The Kier molecular flexibility index (Phi) is 6.69. The molecule has 0 fully saturated rings. The first kappa shape index (κ1) is 22.5. The van der Waals surface area contributed by atoms with Gasteiger partial charge in [0.15, 0.2) is 11.5 Å². The molecular weight excluding hydrogens is 492 g/mol. The standard InChI is InChI=1S/C24H21BrN2O6/c1-29-20-12-17(13-21(30-2)24(20)31-3)22-23(27(28)33-26-22)16-9-10-19(18(25)11-16)32-14-15-7-5-4-6-8-15/h4-13H,14H2,1-3H3. The summed E-state index contributed by atoms with van der Waals surface area (Å²) in [5, 5.41) is 16.5.